The van der Waals surface area contributed by atoms with Gasteiger partial charge in [-0.05, 0) is 42.5 Å². The summed E-state index contributed by atoms with van der Waals surface area (Å²) in [6.45, 7) is 0. The van der Waals surface area contributed by atoms with Crippen molar-refractivity contribution in [3.63, 3.8) is 0 Å². The van der Waals surface area contributed by atoms with Crippen LogP contribution < -0.4 is 0 Å². The van der Waals surface area contributed by atoms with Crippen molar-refractivity contribution in [3.05, 3.63) is 71.0 Å². The number of hydrogen-bond acceptors (Lipinski definition) is 1. The van der Waals surface area contributed by atoms with Crippen LogP contribution in [0.3, 0.4) is 0 Å². The molecule has 1 nitrogen and oxygen atoms in total. The summed E-state index contributed by atoms with van der Waals surface area (Å²) in [7, 11) is 0. The van der Waals surface area contributed by atoms with Crippen molar-refractivity contribution in [2.75, 3.05) is 0 Å². The smallest absolute Gasteiger partial charge is 0.193 e. The highest BCUT2D eigenvalue weighted by Gasteiger charge is 2.20. The van der Waals surface area contributed by atoms with Crippen LogP contribution in [0.4, 0.5) is 4.39 Å². The molecule has 3 rings (SSSR count). The molecule has 0 atom stereocenters. The Kier molecular flexibility index (Phi) is 3.16. The Bertz CT molecular complexity index is 614. The Morgan fingerprint density at radius 2 is 1.68 bits per heavy atom. The molecule has 0 aromatic heterocycles. The van der Waals surface area contributed by atoms with E-state index < -0.39 is 0 Å². The van der Waals surface area contributed by atoms with E-state index >= 15 is 0 Å². The zero-order chi connectivity index (χ0) is 13.2. The van der Waals surface area contributed by atoms with Crippen molar-refractivity contribution in [2.45, 2.75) is 25.2 Å². The van der Waals surface area contributed by atoms with Crippen molar-refractivity contribution >= 4 is 5.78 Å². The maximum atomic E-state index is 13.2. The number of benzene rings is 2. The predicted octanol–water partition coefficient (Wildman–Crippen LogP) is 4.32. The predicted molar refractivity (Wildman–Crippen MR) is 72.9 cm³/mol. The van der Waals surface area contributed by atoms with Crippen LogP contribution >= 0.6 is 0 Å². The second-order valence-corrected chi connectivity index (χ2v) is 5.09. The molecule has 0 aliphatic heterocycles. The number of hydrogen-bond donors (Lipinski definition) is 0. The van der Waals surface area contributed by atoms with Crippen molar-refractivity contribution in [2.24, 2.45) is 0 Å². The van der Waals surface area contributed by atoms with E-state index in [2.05, 4.69) is 6.07 Å². The Hall–Kier alpha value is -1.96. The summed E-state index contributed by atoms with van der Waals surface area (Å²) in [5.41, 5.74) is 2.29. The monoisotopic (exact) mass is 254 g/mol. The summed E-state index contributed by atoms with van der Waals surface area (Å²) in [6.07, 6.45) is 3.68. The molecule has 0 heterocycles. The van der Waals surface area contributed by atoms with Crippen molar-refractivity contribution < 1.29 is 9.18 Å². The van der Waals surface area contributed by atoms with Gasteiger partial charge in [0.15, 0.2) is 5.78 Å². The summed E-state index contributed by atoms with van der Waals surface area (Å²) < 4.78 is 13.2. The van der Waals surface area contributed by atoms with Crippen LogP contribution in [-0.4, -0.2) is 5.78 Å². The van der Waals surface area contributed by atoms with Gasteiger partial charge in [-0.25, -0.2) is 4.39 Å². The van der Waals surface area contributed by atoms with E-state index in [0.717, 1.165) is 0 Å². The lowest BCUT2D eigenvalue weighted by Crippen LogP contribution is -2.10. The van der Waals surface area contributed by atoms with Crippen molar-refractivity contribution in [1.29, 1.82) is 0 Å². The zero-order valence-corrected chi connectivity index (χ0v) is 10.6. The van der Waals surface area contributed by atoms with Gasteiger partial charge in [0.05, 0.1) is 0 Å². The third kappa shape index (κ3) is 2.43. The fraction of sp³-hybridized carbons (Fsp3) is 0.235. The van der Waals surface area contributed by atoms with Gasteiger partial charge in [0.1, 0.15) is 5.82 Å². The first-order chi connectivity index (χ1) is 9.24. The molecule has 2 aromatic rings. The van der Waals surface area contributed by atoms with Gasteiger partial charge in [-0.1, -0.05) is 36.8 Å². The molecule has 0 bridgehead atoms. The first-order valence-corrected chi connectivity index (χ1v) is 6.64. The third-order valence-electron chi connectivity index (χ3n) is 3.81. The van der Waals surface area contributed by atoms with Crippen LogP contribution in [0.25, 0.3) is 0 Å². The summed E-state index contributed by atoms with van der Waals surface area (Å²) in [6, 6.07) is 13.6. The molecule has 96 valence electrons. The second-order valence-electron chi connectivity index (χ2n) is 5.09. The molecule has 1 saturated carbocycles. The minimum absolute atomic E-state index is 0.110. The summed E-state index contributed by atoms with van der Waals surface area (Å²) in [5.74, 6) is 0.113. The number of carbonyl (C=O) groups excluding carboxylic acids is 1. The maximum absolute atomic E-state index is 13.2. The molecule has 0 spiro atoms. The summed E-state index contributed by atoms with van der Waals surface area (Å²) >= 11 is 0. The molecule has 19 heavy (non-hydrogen) atoms. The van der Waals surface area contributed by atoms with Gasteiger partial charge in [0, 0.05) is 11.1 Å². The van der Waals surface area contributed by atoms with E-state index in [1.54, 1.807) is 18.2 Å². The van der Waals surface area contributed by atoms with Crippen LogP contribution in [0.15, 0.2) is 48.5 Å². The van der Waals surface area contributed by atoms with Crippen LogP contribution in [0.1, 0.15) is 46.7 Å². The van der Waals surface area contributed by atoms with Crippen molar-refractivity contribution in [3.8, 4) is 0 Å². The summed E-state index contributed by atoms with van der Waals surface area (Å²) in [5, 5.41) is 0. The van der Waals surface area contributed by atoms with E-state index in [1.807, 2.05) is 12.1 Å². The summed E-state index contributed by atoms with van der Waals surface area (Å²) in [4.78, 5) is 12.3. The Balaban J connectivity index is 1.91. The molecule has 0 amide bonds. The van der Waals surface area contributed by atoms with E-state index in [0.29, 0.717) is 17.0 Å². The minimum Gasteiger partial charge on any atom is -0.289 e. The molecule has 0 saturated heterocycles. The molecular formula is C17H15FO. The van der Waals surface area contributed by atoms with Crippen LogP contribution in [0, 0.1) is 5.82 Å². The van der Waals surface area contributed by atoms with Gasteiger partial charge in [0.25, 0.3) is 0 Å². The van der Waals surface area contributed by atoms with Crippen LogP contribution in [0.5, 0.6) is 0 Å². The largest absolute Gasteiger partial charge is 0.289 e. The average molecular weight is 254 g/mol. The standard InChI is InChI=1S/C17H15FO/c18-16-9-3-8-15(11-16)17(19)14-7-2-6-13(10-14)12-4-1-5-12/h2-3,6-12H,1,4-5H2. The lowest BCUT2D eigenvalue weighted by atomic mass is 9.79. The Morgan fingerprint density at radius 3 is 2.32 bits per heavy atom. The molecule has 2 heteroatoms. The lowest BCUT2D eigenvalue weighted by Gasteiger charge is -2.26. The molecule has 1 fully saturated rings. The highest BCUT2D eigenvalue weighted by molar-refractivity contribution is 6.09. The van der Waals surface area contributed by atoms with Gasteiger partial charge in [-0.2, -0.15) is 0 Å². The molecule has 1 aliphatic rings. The highest BCUT2D eigenvalue weighted by atomic mass is 19.1. The molecule has 0 radical (unpaired) electrons. The molecule has 0 N–H and O–H groups in total. The van der Waals surface area contributed by atoms with Crippen molar-refractivity contribution in [1.82, 2.24) is 0 Å². The van der Waals surface area contributed by atoms with Gasteiger partial charge in [-0.3, -0.25) is 4.79 Å². The topological polar surface area (TPSA) is 17.1 Å². The molecular weight excluding hydrogens is 239 g/mol. The quantitative estimate of drug-likeness (QED) is 0.745. The number of rotatable bonds is 3. The van der Waals surface area contributed by atoms with Gasteiger partial charge < -0.3 is 0 Å². The van der Waals surface area contributed by atoms with E-state index in [-0.39, 0.29) is 11.6 Å². The normalized spacial score (nSPS) is 15.0. The van der Waals surface area contributed by atoms with E-state index in [1.165, 1.54) is 37.0 Å². The lowest BCUT2D eigenvalue weighted by molar-refractivity contribution is 0.103. The minimum atomic E-state index is -0.374. The van der Waals surface area contributed by atoms with E-state index in [4.69, 9.17) is 0 Å². The number of halogens is 1. The third-order valence-corrected chi connectivity index (χ3v) is 3.81. The first kappa shape index (κ1) is 12.1. The Morgan fingerprint density at radius 1 is 1.00 bits per heavy atom. The molecule has 0 unspecified atom stereocenters. The SMILES string of the molecule is O=C(c1cccc(F)c1)c1cccc(C2CCC2)c1. The van der Waals surface area contributed by atoms with Gasteiger partial charge >= 0.3 is 0 Å². The molecule has 2 aromatic carbocycles. The first-order valence-electron chi connectivity index (χ1n) is 6.64. The Labute approximate surface area is 112 Å². The number of ketones is 1. The average Bonchev–Trinajstić information content (AvgIpc) is 2.36. The number of carbonyl (C=O) groups is 1. The zero-order valence-electron chi connectivity index (χ0n) is 10.6. The van der Waals surface area contributed by atoms with Gasteiger partial charge in [-0.15, -0.1) is 0 Å². The fourth-order valence-corrected chi connectivity index (χ4v) is 2.47. The highest BCUT2D eigenvalue weighted by Crippen LogP contribution is 2.36. The molecule has 1 aliphatic carbocycles. The second kappa shape index (κ2) is 4.96. The van der Waals surface area contributed by atoms with E-state index in [9.17, 15) is 9.18 Å². The maximum Gasteiger partial charge on any atom is 0.193 e. The van der Waals surface area contributed by atoms with Crippen LogP contribution in [0.2, 0.25) is 0 Å². The van der Waals surface area contributed by atoms with Crippen LogP contribution in [-0.2, 0) is 0 Å². The van der Waals surface area contributed by atoms with Gasteiger partial charge in [0.2, 0.25) is 0 Å². The fourth-order valence-electron chi connectivity index (χ4n) is 2.47.